The zero-order chi connectivity index (χ0) is 18.6. The van der Waals surface area contributed by atoms with Crippen molar-refractivity contribution in [3.63, 3.8) is 0 Å². The van der Waals surface area contributed by atoms with Crippen LogP contribution in [0.5, 0.6) is 5.75 Å². The van der Waals surface area contributed by atoms with E-state index in [4.69, 9.17) is 14.2 Å². The number of hydrogen-bond acceptors (Lipinski definition) is 5. The molecule has 1 aromatic rings. The normalized spacial score (nSPS) is 20.4. The summed E-state index contributed by atoms with van der Waals surface area (Å²) in [6, 6.07) is 7.29. The van der Waals surface area contributed by atoms with Crippen LogP contribution in [0.1, 0.15) is 58.9 Å². The average Bonchev–Trinajstić information content (AvgIpc) is 3.24. The highest BCUT2D eigenvalue weighted by molar-refractivity contribution is 5.69. The van der Waals surface area contributed by atoms with E-state index in [2.05, 4.69) is 5.32 Å². The molecule has 1 fully saturated rings. The Morgan fingerprint density at radius 3 is 2.60 bits per heavy atom. The molecule has 1 aromatic carbocycles. The van der Waals surface area contributed by atoms with Gasteiger partial charge in [-0.05, 0) is 46.6 Å². The second-order valence-corrected chi connectivity index (χ2v) is 7.32. The molecule has 3 unspecified atom stereocenters. The van der Waals surface area contributed by atoms with Crippen molar-refractivity contribution < 1.29 is 23.8 Å². The van der Waals surface area contributed by atoms with E-state index in [1.54, 1.807) is 32.9 Å². The van der Waals surface area contributed by atoms with Gasteiger partial charge in [-0.2, -0.15) is 0 Å². The molecule has 1 aliphatic carbocycles. The quantitative estimate of drug-likeness (QED) is 0.631. The Bertz CT molecular complexity index is 622. The van der Waals surface area contributed by atoms with Crippen molar-refractivity contribution in [3.8, 4) is 5.75 Å². The molecule has 1 amide bonds. The summed E-state index contributed by atoms with van der Waals surface area (Å²) < 4.78 is 15.8. The second-order valence-electron chi connectivity index (χ2n) is 7.32. The Hall–Kier alpha value is -2.24. The van der Waals surface area contributed by atoms with E-state index in [1.165, 1.54) is 0 Å². The lowest BCUT2D eigenvalue weighted by molar-refractivity contribution is 0.0204. The van der Waals surface area contributed by atoms with Crippen molar-refractivity contribution in [3.05, 3.63) is 29.8 Å². The average molecular weight is 349 g/mol. The number of hydrogen-bond donors (Lipinski definition) is 1. The molecule has 0 aromatic heterocycles. The van der Waals surface area contributed by atoms with Crippen molar-refractivity contribution in [2.45, 2.75) is 71.1 Å². The largest absolute Gasteiger partial charge is 0.514 e. The first-order valence-corrected chi connectivity index (χ1v) is 8.66. The number of nitrogens with one attached hydrogen (secondary N) is 1. The third-order valence-corrected chi connectivity index (χ3v) is 3.88. The van der Waals surface area contributed by atoms with Crippen LogP contribution in [-0.2, 0) is 9.47 Å². The van der Waals surface area contributed by atoms with Crippen molar-refractivity contribution in [1.82, 2.24) is 5.32 Å². The maximum Gasteiger partial charge on any atom is 0.514 e. The number of carbonyl (C=O) groups excluding carboxylic acids is 2. The summed E-state index contributed by atoms with van der Waals surface area (Å²) in [5.74, 6) is 0.560. The third-order valence-electron chi connectivity index (χ3n) is 3.88. The van der Waals surface area contributed by atoms with Crippen molar-refractivity contribution >= 4 is 12.2 Å². The molecule has 0 heterocycles. The van der Waals surface area contributed by atoms with Gasteiger partial charge in [-0.3, -0.25) is 0 Å². The molecule has 0 spiro atoms. The summed E-state index contributed by atoms with van der Waals surface area (Å²) >= 11 is 0. The number of alkyl carbamates (subject to hydrolysis) is 1. The van der Waals surface area contributed by atoms with Gasteiger partial charge in [0.05, 0.1) is 0 Å². The molecule has 0 saturated heterocycles. The van der Waals surface area contributed by atoms with Gasteiger partial charge in [0.15, 0.2) is 0 Å². The van der Waals surface area contributed by atoms with E-state index >= 15 is 0 Å². The van der Waals surface area contributed by atoms with Gasteiger partial charge < -0.3 is 19.5 Å². The highest BCUT2D eigenvalue weighted by Gasteiger charge is 2.42. The number of benzene rings is 1. The van der Waals surface area contributed by atoms with Crippen LogP contribution in [0, 0.1) is 0 Å². The van der Waals surface area contributed by atoms with Gasteiger partial charge >= 0.3 is 12.2 Å². The molecule has 0 radical (unpaired) electrons. The monoisotopic (exact) mass is 349 g/mol. The van der Waals surface area contributed by atoms with E-state index < -0.39 is 17.8 Å². The first-order chi connectivity index (χ1) is 11.7. The maximum absolute atomic E-state index is 11.9. The predicted octanol–water partition coefficient (Wildman–Crippen LogP) is 4.38. The fourth-order valence-corrected chi connectivity index (χ4v) is 2.39. The zero-order valence-corrected chi connectivity index (χ0v) is 15.5. The SMILES string of the molecule is CCC(C)OC(=O)NC1CC1c1ccccc1OC(=O)OC(C)(C)C. The minimum Gasteiger partial charge on any atom is -0.447 e. The number of para-hydroxylation sites is 1. The molecule has 0 aliphatic heterocycles. The second kappa shape index (κ2) is 7.76. The van der Waals surface area contributed by atoms with Gasteiger partial charge in [-0.15, -0.1) is 0 Å². The van der Waals surface area contributed by atoms with Gasteiger partial charge in [-0.1, -0.05) is 25.1 Å². The maximum atomic E-state index is 11.9. The molecule has 3 atom stereocenters. The van der Waals surface area contributed by atoms with Gasteiger partial charge in [0.1, 0.15) is 17.5 Å². The Kier molecular flexibility index (Phi) is 5.93. The summed E-state index contributed by atoms with van der Waals surface area (Å²) in [5.41, 5.74) is 0.261. The molecule has 25 heavy (non-hydrogen) atoms. The van der Waals surface area contributed by atoms with Crippen LogP contribution in [0.15, 0.2) is 24.3 Å². The molecular formula is C19H27NO5. The van der Waals surface area contributed by atoms with Gasteiger partial charge in [0.2, 0.25) is 0 Å². The van der Waals surface area contributed by atoms with Crippen LogP contribution in [-0.4, -0.2) is 30.0 Å². The van der Waals surface area contributed by atoms with Crippen LogP contribution in [0.25, 0.3) is 0 Å². The van der Waals surface area contributed by atoms with Crippen LogP contribution < -0.4 is 10.1 Å². The standard InChI is InChI=1S/C19H27NO5/c1-6-12(2)23-17(21)20-15-11-14(15)13-9-7-8-10-16(13)24-18(22)25-19(3,4)5/h7-10,12,14-15H,6,11H2,1-5H3,(H,20,21). The van der Waals surface area contributed by atoms with E-state index in [1.807, 2.05) is 26.0 Å². The minimum absolute atomic E-state index is 0.0139. The lowest BCUT2D eigenvalue weighted by Crippen LogP contribution is -2.30. The van der Waals surface area contributed by atoms with Gasteiger partial charge in [0, 0.05) is 17.5 Å². The number of amides is 1. The Balaban J connectivity index is 1.95. The van der Waals surface area contributed by atoms with Gasteiger partial charge in [-0.25, -0.2) is 9.59 Å². The van der Waals surface area contributed by atoms with E-state index in [0.29, 0.717) is 5.75 Å². The van der Waals surface area contributed by atoms with Crippen LogP contribution in [0.4, 0.5) is 9.59 Å². The summed E-state index contributed by atoms with van der Waals surface area (Å²) in [7, 11) is 0. The van der Waals surface area contributed by atoms with E-state index in [0.717, 1.165) is 18.4 Å². The molecule has 1 aliphatic rings. The minimum atomic E-state index is -0.735. The van der Waals surface area contributed by atoms with Crippen molar-refractivity contribution in [2.75, 3.05) is 0 Å². The van der Waals surface area contributed by atoms with Crippen LogP contribution in [0.3, 0.4) is 0 Å². The first-order valence-electron chi connectivity index (χ1n) is 8.66. The smallest absolute Gasteiger partial charge is 0.447 e. The first kappa shape index (κ1) is 19.1. The lowest BCUT2D eigenvalue weighted by Gasteiger charge is -2.19. The predicted molar refractivity (Wildman–Crippen MR) is 93.8 cm³/mol. The molecule has 2 rings (SSSR count). The number of ether oxygens (including phenoxy) is 3. The molecule has 138 valence electrons. The molecular weight excluding hydrogens is 322 g/mol. The fraction of sp³-hybridized carbons (Fsp3) is 0.579. The third kappa shape index (κ3) is 5.96. The number of carbonyl (C=O) groups is 2. The summed E-state index contributed by atoms with van der Waals surface area (Å²) in [6.07, 6.45) is 0.298. The molecule has 6 nitrogen and oxygen atoms in total. The highest BCUT2D eigenvalue weighted by atomic mass is 16.7. The molecule has 1 saturated carbocycles. The topological polar surface area (TPSA) is 73.9 Å². The van der Waals surface area contributed by atoms with E-state index in [-0.39, 0.29) is 18.1 Å². The lowest BCUT2D eigenvalue weighted by atomic mass is 10.1. The van der Waals surface area contributed by atoms with Gasteiger partial charge in [0.25, 0.3) is 0 Å². The Morgan fingerprint density at radius 2 is 1.96 bits per heavy atom. The fourth-order valence-electron chi connectivity index (χ4n) is 2.39. The zero-order valence-electron chi connectivity index (χ0n) is 15.5. The summed E-state index contributed by atoms with van der Waals surface area (Å²) in [5, 5.41) is 2.85. The Morgan fingerprint density at radius 1 is 1.28 bits per heavy atom. The van der Waals surface area contributed by atoms with Crippen molar-refractivity contribution in [1.29, 1.82) is 0 Å². The summed E-state index contributed by atoms with van der Waals surface area (Å²) in [4.78, 5) is 23.7. The van der Waals surface area contributed by atoms with Crippen LogP contribution in [0.2, 0.25) is 0 Å². The van der Waals surface area contributed by atoms with E-state index in [9.17, 15) is 9.59 Å². The molecule has 0 bridgehead atoms. The molecule has 1 N–H and O–H groups in total. The van der Waals surface area contributed by atoms with Crippen molar-refractivity contribution in [2.24, 2.45) is 0 Å². The van der Waals surface area contributed by atoms with Crippen LogP contribution >= 0.6 is 0 Å². The molecule has 6 heteroatoms. The highest BCUT2D eigenvalue weighted by Crippen LogP contribution is 2.44. The Labute approximate surface area is 148 Å². The summed E-state index contributed by atoms with van der Waals surface area (Å²) in [6.45, 7) is 9.16. The number of rotatable bonds is 5.